The summed E-state index contributed by atoms with van der Waals surface area (Å²) in [5.74, 6) is 0. The van der Waals surface area contributed by atoms with E-state index in [0.717, 1.165) is 0 Å². The van der Waals surface area contributed by atoms with Gasteiger partial charge in [0, 0.05) is 5.38 Å². The number of nitrogens with one attached hydrogen (secondary N) is 1. The van der Waals surface area contributed by atoms with Crippen LogP contribution in [0.4, 0.5) is 0 Å². The van der Waals surface area contributed by atoms with Gasteiger partial charge in [-0.15, -0.1) is 11.3 Å². The Bertz CT molecular complexity index is 329. The van der Waals surface area contributed by atoms with Crippen LogP contribution in [0.2, 0.25) is 4.34 Å². The molecule has 0 fully saturated rings. The topological polar surface area (TPSA) is 66.9 Å². The predicted molar refractivity (Wildman–Crippen MR) is 42.6 cm³/mol. The first-order valence-corrected chi connectivity index (χ1v) is 5.18. The summed E-state index contributed by atoms with van der Waals surface area (Å²) >= 11 is 6.74. The van der Waals surface area contributed by atoms with Crippen molar-refractivity contribution in [1.29, 1.82) is 4.78 Å². The largest absolute Gasteiger partial charge is 0.241 e. The maximum Gasteiger partial charge on any atom is 0.132 e. The van der Waals surface area contributed by atoms with E-state index in [1.165, 1.54) is 22.8 Å². The standard InChI is InChI=1S/C4H5ClN2OS2/c5-4-1-3(2-9-4)10(6,7)8/h1-2H,(H3,6,7,8). The van der Waals surface area contributed by atoms with E-state index < -0.39 is 9.92 Å². The van der Waals surface area contributed by atoms with Crippen molar-refractivity contribution in [2.45, 2.75) is 4.90 Å². The lowest BCUT2D eigenvalue weighted by molar-refractivity contribution is 0.676. The molecule has 10 heavy (non-hydrogen) atoms. The molecule has 1 rings (SSSR count). The Labute approximate surface area is 67.9 Å². The molecule has 0 aliphatic carbocycles. The van der Waals surface area contributed by atoms with Gasteiger partial charge < -0.3 is 0 Å². The molecule has 0 amide bonds. The number of hydrogen-bond donors (Lipinski definition) is 2. The number of halogens is 1. The molecule has 1 aromatic rings. The van der Waals surface area contributed by atoms with Crippen LogP contribution in [0.1, 0.15) is 0 Å². The van der Waals surface area contributed by atoms with Crippen molar-refractivity contribution in [3.63, 3.8) is 0 Å². The lowest BCUT2D eigenvalue weighted by atomic mass is 10.7. The Morgan fingerprint density at radius 1 is 1.80 bits per heavy atom. The molecular formula is C4H5ClN2OS2. The second-order valence-electron chi connectivity index (χ2n) is 1.69. The van der Waals surface area contributed by atoms with E-state index in [-0.39, 0.29) is 0 Å². The number of thiophene rings is 1. The molecule has 0 saturated heterocycles. The minimum Gasteiger partial charge on any atom is -0.241 e. The second-order valence-corrected chi connectivity index (χ2v) is 4.90. The molecule has 0 aliphatic rings. The Balaban J connectivity index is 3.21. The highest BCUT2D eigenvalue weighted by Gasteiger charge is 2.04. The van der Waals surface area contributed by atoms with E-state index in [1.54, 1.807) is 0 Å². The summed E-state index contributed by atoms with van der Waals surface area (Å²) in [6.45, 7) is 0. The third-order valence-electron chi connectivity index (χ3n) is 0.894. The van der Waals surface area contributed by atoms with Crippen molar-refractivity contribution in [2.75, 3.05) is 0 Å². The summed E-state index contributed by atoms with van der Waals surface area (Å²) in [5, 5.41) is 6.54. The van der Waals surface area contributed by atoms with E-state index in [4.69, 9.17) is 21.5 Å². The average molecular weight is 197 g/mol. The fourth-order valence-corrected chi connectivity index (χ4v) is 2.34. The first kappa shape index (κ1) is 8.00. The van der Waals surface area contributed by atoms with E-state index in [0.29, 0.717) is 9.23 Å². The Kier molecular flexibility index (Phi) is 2.00. The number of hydrogen-bond acceptors (Lipinski definition) is 3. The normalized spacial score (nSPS) is 16.6. The first-order valence-electron chi connectivity index (χ1n) is 2.31. The quantitative estimate of drug-likeness (QED) is 0.705. The molecule has 0 aliphatic heterocycles. The van der Waals surface area contributed by atoms with Crippen molar-refractivity contribution < 1.29 is 4.21 Å². The molecule has 3 nitrogen and oxygen atoms in total. The summed E-state index contributed by atoms with van der Waals surface area (Å²) in [6.07, 6.45) is 0. The van der Waals surface area contributed by atoms with Crippen molar-refractivity contribution in [2.24, 2.45) is 5.14 Å². The highest BCUT2D eigenvalue weighted by Crippen LogP contribution is 2.22. The van der Waals surface area contributed by atoms with Gasteiger partial charge in [0.15, 0.2) is 0 Å². The molecule has 0 aromatic carbocycles. The number of rotatable bonds is 1. The maximum atomic E-state index is 10.8. The molecule has 0 bridgehead atoms. The minimum absolute atomic E-state index is 0.294. The van der Waals surface area contributed by atoms with Crippen LogP contribution in [0.25, 0.3) is 0 Å². The van der Waals surface area contributed by atoms with Crippen LogP contribution in [0.5, 0.6) is 0 Å². The van der Waals surface area contributed by atoms with Gasteiger partial charge in [-0.25, -0.2) is 14.1 Å². The summed E-state index contributed by atoms with van der Waals surface area (Å²) in [4.78, 5) is 0.294. The van der Waals surface area contributed by atoms with Gasteiger partial charge in [-0.05, 0) is 6.07 Å². The lowest BCUT2D eigenvalue weighted by Gasteiger charge is -1.91. The third kappa shape index (κ3) is 1.69. The molecular weight excluding hydrogens is 192 g/mol. The van der Waals surface area contributed by atoms with E-state index in [2.05, 4.69) is 0 Å². The minimum atomic E-state index is -3.06. The van der Waals surface area contributed by atoms with Gasteiger partial charge in [0.05, 0.1) is 9.23 Å². The van der Waals surface area contributed by atoms with Crippen molar-refractivity contribution in [1.82, 2.24) is 0 Å². The fraction of sp³-hybridized carbons (Fsp3) is 0. The molecule has 6 heteroatoms. The van der Waals surface area contributed by atoms with E-state index >= 15 is 0 Å². The highest BCUT2D eigenvalue weighted by atomic mass is 35.5. The zero-order valence-corrected chi connectivity index (χ0v) is 7.22. The smallest absolute Gasteiger partial charge is 0.132 e. The third-order valence-corrected chi connectivity index (χ3v) is 3.07. The van der Waals surface area contributed by atoms with Gasteiger partial charge in [-0.2, -0.15) is 0 Å². The van der Waals surface area contributed by atoms with Gasteiger partial charge in [0.1, 0.15) is 9.92 Å². The molecule has 56 valence electrons. The van der Waals surface area contributed by atoms with E-state index in [1.807, 2.05) is 0 Å². The first-order chi connectivity index (χ1) is 4.50. The number of nitrogens with two attached hydrogens (primary N) is 1. The lowest BCUT2D eigenvalue weighted by Crippen LogP contribution is -2.08. The van der Waals surface area contributed by atoms with Crippen LogP contribution < -0.4 is 5.14 Å². The average Bonchev–Trinajstić information content (AvgIpc) is 2.11. The van der Waals surface area contributed by atoms with Crippen LogP contribution >= 0.6 is 22.9 Å². The van der Waals surface area contributed by atoms with E-state index in [9.17, 15) is 4.21 Å². The SMILES string of the molecule is N=S(N)(=O)c1csc(Cl)c1. The van der Waals surface area contributed by atoms with Crippen LogP contribution in [-0.4, -0.2) is 4.21 Å². The Morgan fingerprint density at radius 2 is 2.40 bits per heavy atom. The molecule has 1 heterocycles. The van der Waals surface area contributed by atoms with Crippen molar-refractivity contribution >= 4 is 32.9 Å². The summed E-state index contributed by atoms with van der Waals surface area (Å²) in [5.41, 5.74) is 0. The zero-order valence-electron chi connectivity index (χ0n) is 4.83. The molecule has 0 spiro atoms. The van der Waals surface area contributed by atoms with Crippen molar-refractivity contribution in [3.05, 3.63) is 15.8 Å². The summed E-state index contributed by atoms with van der Waals surface area (Å²) in [6, 6.07) is 1.45. The van der Waals surface area contributed by atoms with Gasteiger partial charge in [0.2, 0.25) is 0 Å². The van der Waals surface area contributed by atoms with Gasteiger partial charge in [-0.3, -0.25) is 0 Å². The summed E-state index contributed by atoms with van der Waals surface area (Å²) < 4.78 is 18.2. The summed E-state index contributed by atoms with van der Waals surface area (Å²) in [7, 11) is -3.06. The van der Waals surface area contributed by atoms with Crippen LogP contribution in [-0.2, 0) is 9.92 Å². The molecule has 1 aromatic heterocycles. The van der Waals surface area contributed by atoms with Gasteiger partial charge in [-0.1, -0.05) is 11.6 Å². The van der Waals surface area contributed by atoms with Crippen LogP contribution in [0, 0.1) is 4.78 Å². The Hall–Kier alpha value is -0.100. The van der Waals surface area contributed by atoms with Crippen LogP contribution in [0.3, 0.4) is 0 Å². The maximum absolute atomic E-state index is 10.8. The molecule has 3 N–H and O–H groups in total. The molecule has 0 radical (unpaired) electrons. The monoisotopic (exact) mass is 196 g/mol. The zero-order chi connectivity index (χ0) is 7.78. The van der Waals surface area contributed by atoms with Gasteiger partial charge in [0.25, 0.3) is 0 Å². The second kappa shape index (κ2) is 2.50. The Morgan fingerprint density at radius 3 is 2.60 bits per heavy atom. The van der Waals surface area contributed by atoms with Crippen LogP contribution in [0.15, 0.2) is 16.3 Å². The van der Waals surface area contributed by atoms with Gasteiger partial charge >= 0.3 is 0 Å². The molecule has 1 unspecified atom stereocenters. The molecule has 1 atom stereocenters. The highest BCUT2D eigenvalue weighted by molar-refractivity contribution is 7.90. The predicted octanol–water partition coefficient (Wildman–Crippen LogP) is 1.68. The fourth-order valence-electron chi connectivity index (χ4n) is 0.453. The van der Waals surface area contributed by atoms with Crippen molar-refractivity contribution in [3.8, 4) is 0 Å². The molecule has 0 saturated carbocycles.